The Labute approximate surface area is 129 Å². The summed E-state index contributed by atoms with van der Waals surface area (Å²) >= 11 is 6.26. The van der Waals surface area contributed by atoms with Gasteiger partial charge in [0.1, 0.15) is 5.82 Å². The van der Waals surface area contributed by atoms with E-state index in [9.17, 15) is 0 Å². The molecule has 3 nitrogen and oxygen atoms in total. The maximum atomic E-state index is 6.26. The molecule has 2 aromatic carbocycles. The summed E-state index contributed by atoms with van der Waals surface area (Å²) in [6, 6.07) is 14.2. The van der Waals surface area contributed by atoms with Gasteiger partial charge in [0.05, 0.1) is 27.8 Å². The molecule has 0 spiro atoms. The van der Waals surface area contributed by atoms with Gasteiger partial charge in [-0.15, -0.1) is 0 Å². The molecule has 1 heterocycles. The van der Waals surface area contributed by atoms with Crippen molar-refractivity contribution >= 4 is 28.3 Å². The van der Waals surface area contributed by atoms with E-state index < -0.39 is 0 Å². The van der Waals surface area contributed by atoms with Crippen molar-refractivity contribution < 1.29 is 0 Å². The van der Waals surface area contributed by atoms with E-state index >= 15 is 0 Å². The highest BCUT2D eigenvalue weighted by Gasteiger charge is 2.15. The number of rotatable bonds is 3. The molecule has 0 saturated heterocycles. The fraction of sp³-hybridized carbons (Fsp3) is 0.235. The van der Waals surface area contributed by atoms with Gasteiger partial charge in [0, 0.05) is 7.05 Å². The summed E-state index contributed by atoms with van der Waals surface area (Å²) in [6.07, 6.45) is 0. The maximum absolute atomic E-state index is 6.26. The van der Waals surface area contributed by atoms with E-state index in [1.54, 1.807) is 0 Å². The second-order valence-electron chi connectivity index (χ2n) is 5.37. The van der Waals surface area contributed by atoms with E-state index in [1.807, 2.05) is 37.4 Å². The molecule has 3 aromatic rings. The van der Waals surface area contributed by atoms with Gasteiger partial charge in [-0.2, -0.15) is 0 Å². The van der Waals surface area contributed by atoms with Gasteiger partial charge in [0.15, 0.2) is 0 Å². The van der Waals surface area contributed by atoms with E-state index in [0.29, 0.717) is 0 Å². The number of aromatic nitrogens is 2. The zero-order valence-corrected chi connectivity index (χ0v) is 13.1. The summed E-state index contributed by atoms with van der Waals surface area (Å²) in [4.78, 5) is 4.72. The third kappa shape index (κ3) is 2.61. The third-order valence-corrected chi connectivity index (χ3v) is 4.03. The number of anilines is 1. The monoisotopic (exact) mass is 299 g/mol. The number of fused-ring (bicyclic) bond motifs is 1. The van der Waals surface area contributed by atoms with Crippen LogP contribution < -0.4 is 5.32 Å². The minimum Gasteiger partial charge on any atom is -0.374 e. The highest BCUT2D eigenvalue weighted by molar-refractivity contribution is 6.33. The number of benzene rings is 2. The first kappa shape index (κ1) is 14.0. The molecular formula is C17H18ClN3. The smallest absolute Gasteiger partial charge is 0.131 e. The van der Waals surface area contributed by atoms with Crippen LogP contribution in [0.3, 0.4) is 0 Å². The van der Waals surface area contributed by atoms with Crippen molar-refractivity contribution in [2.24, 2.45) is 7.05 Å². The molecule has 0 saturated carbocycles. The topological polar surface area (TPSA) is 29.9 Å². The number of halogens is 1. The van der Waals surface area contributed by atoms with Crippen molar-refractivity contribution in [2.45, 2.75) is 19.9 Å². The van der Waals surface area contributed by atoms with Crippen molar-refractivity contribution in [3.05, 3.63) is 58.9 Å². The second-order valence-corrected chi connectivity index (χ2v) is 5.77. The lowest BCUT2D eigenvalue weighted by Crippen LogP contribution is -2.12. The van der Waals surface area contributed by atoms with Gasteiger partial charge in [-0.1, -0.05) is 29.8 Å². The van der Waals surface area contributed by atoms with Crippen LogP contribution in [0.15, 0.2) is 42.5 Å². The fourth-order valence-electron chi connectivity index (χ4n) is 2.60. The molecule has 0 fully saturated rings. The van der Waals surface area contributed by atoms with Crippen molar-refractivity contribution in [3.8, 4) is 0 Å². The van der Waals surface area contributed by atoms with Gasteiger partial charge in [-0.05, 0) is 43.7 Å². The zero-order chi connectivity index (χ0) is 15.0. The van der Waals surface area contributed by atoms with Gasteiger partial charge in [-0.3, -0.25) is 0 Å². The van der Waals surface area contributed by atoms with Crippen LogP contribution in [0.1, 0.15) is 24.4 Å². The number of aryl methyl sites for hydroxylation is 2. The van der Waals surface area contributed by atoms with Crippen LogP contribution in [0, 0.1) is 6.92 Å². The van der Waals surface area contributed by atoms with Crippen LogP contribution in [0.25, 0.3) is 11.0 Å². The molecule has 0 radical (unpaired) electrons. The number of imidazole rings is 1. The average Bonchev–Trinajstić information content (AvgIpc) is 2.81. The van der Waals surface area contributed by atoms with Crippen molar-refractivity contribution in [3.63, 3.8) is 0 Å². The Balaban J connectivity index is 1.95. The molecule has 0 aliphatic rings. The molecule has 0 aliphatic heterocycles. The Morgan fingerprint density at radius 3 is 2.71 bits per heavy atom. The minimum atomic E-state index is 0.0710. The Hall–Kier alpha value is -2.00. The summed E-state index contributed by atoms with van der Waals surface area (Å²) in [7, 11) is 2.04. The molecule has 0 bridgehead atoms. The van der Waals surface area contributed by atoms with Gasteiger partial charge in [0.2, 0.25) is 0 Å². The quantitative estimate of drug-likeness (QED) is 0.759. The maximum Gasteiger partial charge on any atom is 0.131 e. The Bertz CT molecular complexity index is 792. The molecule has 1 N–H and O–H groups in total. The Morgan fingerprint density at radius 1 is 1.19 bits per heavy atom. The Morgan fingerprint density at radius 2 is 1.95 bits per heavy atom. The first-order valence-corrected chi connectivity index (χ1v) is 7.38. The first-order chi connectivity index (χ1) is 10.1. The molecule has 1 unspecified atom stereocenters. The SMILES string of the molecule is Cc1ccc(Cl)c(NC(C)c2nc3ccccc3n2C)c1. The number of hydrogen-bond donors (Lipinski definition) is 1. The molecular weight excluding hydrogens is 282 g/mol. The number of para-hydroxylation sites is 2. The molecule has 0 aliphatic carbocycles. The largest absolute Gasteiger partial charge is 0.374 e. The summed E-state index contributed by atoms with van der Waals surface area (Å²) in [6.45, 7) is 4.15. The van der Waals surface area contributed by atoms with Crippen LogP contribution in [0.2, 0.25) is 5.02 Å². The van der Waals surface area contributed by atoms with Crippen LogP contribution in [0.5, 0.6) is 0 Å². The standard InChI is InChI=1S/C17H18ClN3/c1-11-8-9-13(18)15(10-11)19-12(2)17-20-14-6-4-5-7-16(14)21(17)3/h4-10,12,19H,1-3H3. The van der Waals surface area contributed by atoms with Crippen molar-refractivity contribution in [1.29, 1.82) is 0 Å². The lowest BCUT2D eigenvalue weighted by atomic mass is 10.2. The van der Waals surface area contributed by atoms with Crippen LogP contribution in [0.4, 0.5) is 5.69 Å². The highest BCUT2D eigenvalue weighted by Crippen LogP contribution is 2.28. The van der Waals surface area contributed by atoms with Gasteiger partial charge in [0.25, 0.3) is 0 Å². The molecule has 21 heavy (non-hydrogen) atoms. The zero-order valence-electron chi connectivity index (χ0n) is 12.4. The summed E-state index contributed by atoms with van der Waals surface area (Å²) in [5, 5.41) is 4.18. The lowest BCUT2D eigenvalue weighted by molar-refractivity contribution is 0.734. The lowest BCUT2D eigenvalue weighted by Gasteiger charge is -2.16. The van der Waals surface area contributed by atoms with Crippen molar-refractivity contribution in [2.75, 3.05) is 5.32 Å². The van der Waals surface area contributed by atoms with Gasteiger partial charge < -0.3 is 9.88 Å². The summed E-state index contributed by atoms with van der Waals surface area (Å²) in [5.74, 6) is 0.994. The minimum absolute atomic E-state index is 0.0710. The molecule has 1 aromatic heterocycles. The normalized spacial score (nSPS) is 12.6. The van der Waals surface area contributed by atoms with Crippen molar-refractivity contribution in [1.82, 2.24) is 9.55 Å². The molecule has 0 amide bonds. The Kier molecular flexibility index (Phi) is 3.60. The highest BCUT2D eigenvalue weighted by atomic mass is 35.5. The van der Waals surface area contributed by atoms with Crippen LogP contribution >= 0.6 is 11.6 Å². The van der Waals surface area contributed by atoms with E-state index in [1.165, 1.54) is 5.56 Å². The molecule has 108 valence electrons. The molecule has 3 rings (SSSR count). The van der Waals surface area contributed by atoms with E-state index in [4.69, 9.17) is 16.6 Å². The van der Waals surface area contributed by atoms with Gasteiger partial charge in [-0.25, -0.2) is 4.98 Å². The van der Waals surface area contributed by atoms with Gasteiger partial charge >= 0.3 is 0 Å². The number of nitrogens with zero attached hydrogens (tertiary/aromatic N) is 2. The molecule has 1 atom stereocenters. The molecule has 4 heteroatoms. The van der Waals surface area contributed by atoms with E-state index in [2.05, 4.69) is 35.9 Å². The second kappa shape index (κ2) is 5.41. The number of hydrogen-bond acceptors (Lipinski definition) is 2. The third-order valence-electron chi connectivity index (χ3n) is 3.70. The number of nitrogens with one attached hydrogen (secondary N) is 1. The average molecular weight is 300 g/mol. The first-order valence-electron chi connectivity index (χ1n) is 7.00. The summed E-state index contributed by atoms with van der Waals surface area (Å²) in [5.41, 5.74) is 4.27. The summed E-state index contributed by atoms with van der Waals surface area (Å²) < 4.78 is 2.12. The van der Waals surface area contributed by atoms with Crippen LogP contribution in [-0.4, -0.2) is 9.55 Å². The fourth-order valence-corrected chi connectivity index (χ4v) is 2.77. The van der Waals surface area contributed by atoms with E-state index in [0.717, 1.165) is 27.6 Å². The van der Waals surface area contributed by atoms with E-state index in [-0.39, 0.29) is 6.04 Å². The predicted molar refractivity (Wildman–Crippen MR) is 88.9 cm³/mol. The van der Waals surface area contributed by atoms with Crippen LogP contribution in [-0.2, 0) is 7.05 Å². The predicted octanol–water partition coefficient (Wildman–Crippen LogP) is 4.71.